The van der Waals surface area contributed by atoms with Crippen LogP contribution in [0.2, 0.25) is 0 Å². The van der Waals surface area contributed by atoms with E-state index in [9.17, 15) is 8.42 Å². The molecule has 45 heavy (non-hydrogen) atoms. The first kappa shape index (κ1) is 25.8. The molecule has 0 unspecified atom stereocenters. The number of hydrogen-bond donors (Lipinski definition) is 0. The summed E-state index contributed by atoms with van der Waals surface area (Å²) in [6.45, 7) is 0. The molecule has 0 N–H and O–H groups in total. The fourth-order valence-electron chi connectivity index (χ4n) is 6.95. The van der Waals surface area contributed by atoms with Crippen LogP contribution in [0.3, 0.4) is 0 Å². The van der Waals surface area contributed by atoms with Crippen molar-refractivity contribution >= 4 is 54.7 Å². The fraction of sp³-hybridized carbons (Fsp3) is 0. The van der Waals surface area contributed by atoms with Crippen LogP contribution < -0.4 is 9.80 Å². The Morgan fingerprint density at radius 1 is 0.400 bits per heavy atom. The van der Waals surface area contributed by atoms with E-state index in [4.69, 9.17) is 0 Å². The van der Waals surface area contributed by atoms with Gasteiger partial charge in [0, 0.05) is 22.3 Å². The maximum absolute atomic E-state index is 14.4. The molecule has 0 aromatic heterocycles. The largest absolute Gasteiger partial charge is 0.307 e. The molecule has 0 saturated carbocycles. The highest BCUT2D eigenvalue weighted by atomic mass is 32.2. The molecule has 0 atom stereocenters. The molecule has 7 aromatic carbocycles. The Labute approximate surface area is 262 Å². The van der Waals surface area contributed by atoms with Crippen LogP contribution in [0.25, 0.3) is 33.0 Å². The van der Waals surface area contributed by atoms with Crippen LogP contribution in [0, 0.1) is 0 Å². The summed E-state index contributed by atoms with van der Waals surface area (Å²) in [6.07, 6.45) is 0. The summed E-state index contributed by atoms with van der Waals surface area (Å²) in [6, 6.07) is 52.7. The number of anilines is 6. The van der Waals surface area contributed by atoms with E-state index in [2.05, 4.69) is 82.6 Å². The van der Waals surface area contributed by atoms with Crippen LogP contribution in [0.15, 0.2) is 168 Å². The Balaban J connectivity index is 1.39. The molecule has 2 aliphatic rings. The number of benzene rings is 7. The quantitative estimate of drug-likeness (QED) is 0.203. The van der Waals surface area contributed by atoms with E-state index in [1.165, 1.54) is 0 Å². The summed E-state index contributed by atoms with van der Waals surface area (Å²) in [7, 11) is -3.82. The Morgan fingerprint density at radius 2 is 1.00 bits per heavy atom. The Hall–Kier alpha value is -5.65. The van der Waals surface area contributed by atoms with Crippen LogP contribution >= 0.6 is 0 Å². The van der Waals surface area contributed by atoms with Crippen molar-refractivity contribution in [2.45, 2.75) is 9.79 Å². The molecule has 2 heterocycles. The van der Waals surface area contributed by atoms with E-state index in [0.717, 1.165) is 55.8 Å². The third-order valence-corrected chi connectivity index (χ3v) is 10.7. The first-order valence-electron chi connectivity index (χ1n) is 15.0. The monoisotopic (exact) mass is 598 g/mol. The molecule has 7 aromatic rings. The average Bonchev–Trinajstić information content (AvgIpc) is 3.10. The molecular formula is C40H26N2O2S. The van der Waals surface area contributed by atoms with Crippen LogP contribution in [-0.2, 0) is 9.84 Å². The molecule has 2 aliphatic heterocycles. The van der Waals surface area contributed by atoms with Gasteiger partial charge in [-0.05, 0) is 70.6 Å². The Bertz CT molecular complexity index is 2380. The van der Waals surface area contributed by atoms with Gasteiger partial charge in [0.2, 0.25) is 9.84 Å². The van der Waals surface area contributed by atoms with Crippen molar-refractivity contribution in [2.24, 2.45) is 0 Å². The molecule has 0 fully saturated rings. The second-order valence-corrected chi connectivity index (χ2v) is 13.3. The second kappa shape index (κ2) is 9.68. The lowest BCUT2D eigenvalue weighted by Crippen LogP contribution is -2.26. The Kier molecular flexibility index (Phi) is 5.55. The summed E-state index contributed by atoms with van der Waals surface area (Å²) >= 11 is 0. The zero-order valence-corrected chi connectivity index (χ0v) is 24.9. The minimum Gasteiger partial charge on any atom is -0.307 e. The van der Waals surface area contributed by atoms with E-state index < -0.39 is 9.84 Å². The van der Waals surface area contributed by atoms with Crippen molar-refractivity contribution in [1.29, 1.82) is 0 Å². The van der Waals surface area contributed by atoms with Crippen LogP contribution in [0.5, 0.6) is 0 Å². The first-order valence-corrected chi connectivity index (χ1v) is 16.4. The molecule has 0 bridgehead atoms. The highest BCUT2D eigenvalue weighted by Gasteiger charge is 2.40. The highest BCUT2D eigenvalue weighted by molar-refractivity contribution is 7.92. The lowest BCUT2D eigenvalue weighted by Gasteiger charge is -2.41. The van der Waals surface area contributed by atoms with Gasteiger partial charge in [-0.15, -0.1) is 0 Å². The predicted molar refractivity (Wildman–Crippen MR) is 183 cm³/mol. The second-order valence-electron chi connectivity index (χ2n) is 11.4. The lowest BCUT2D eigenvalue weighted by molar-refractivity contribution is 0.595. The van der Waals surface area contributed by atoms with Gasteiger partial charge in [-0.25, -0.2) is 8.42 Å². The van der Waals surface area contributed by atoms with Crippen molar-refractivity contribution in [3.05, 3.63) is 158 Å². The topological polar surface area (TPSA) is 40.6 Å². The van der Waals surface area contributed by atoms with Crippen molar-refractivity contribution in [2.75, 3.05) is 9.80 Å². The molecule has 214 valence electrons. The van der Waals surface area contributed by atoms with E-state index in [-0.39, 0.29) is 0 Å². The van der Waals surface area contributed by atoms with E-state index in [0.29, 0.717) is 21.2 Å². The SMILES string of the molecule is O=S1(=O)c2ccccc2N(c2ccccc2)c2c1ccc1c2N(c2ccc(-c3ccccc3)cc2)c2cccc3cccc-1c23. The number of rotatable bonds is 3. The van der Waals surface area contributed by atoms with E-state index in [1.54, 1.807) is 18.2 Å². The predicted octanol–water partition coefficient (Wildman–Crippen LogP) is 10.6. The average molecular weight is 599 g/mol. The van der Waals surface area contributed by atoms with Gasteiger partial charge in [0.25, 0.3) is 0 Å². The van der Waals surface area contributed by atoms with Crippen LogP contribution in [-0.4, -0.2) is 8.42 Å². The number of para-hydroxylation sites is 2. The van der Waals surface area contributed by atoms with Gasteiger partial charge in [0.1, 0.15) is 0 Å². The van der Waals surface area contributed by atoms with Crippen molar-refractivity contribution in [3.63, 3.8) is 0 Å². The van der Waals surface area contributed by atoms with Gasteiger partial charge in [-0.1, -0.05) is 109 Å². The van der Waals surface area contributed by atoms with Crippen molar-refractivity contribution in [1.82, 2.24) is 0 Å². The minimum atomic E-state index is -3.82. The summed E-state index contributed by atoms with van der Waals surface area (Å²) in [5, 5.41) is 2.28. The van der Waals surface area contributed by atoms with Crippen molar-refractivity contribution in [3.8, 4) is 22.3 Å². The molecule has 0 saturated heterocycles. The van der Waals surface area contributed by atoms with Crippen molar-refractivity contribution < 1.29 is 8.42 Å². The van der Waals surface area contributed by atoms with E-state index >= 15 is 0 Å². The normalized spacial score (nSPS) is 14.0. The van der Waals surface area contributed by atoms with Gasteiger partial charge >= 0.3 is 0 Å². The summed E-state index contributed by atoms with van der Waals surface area (Å²) in [5.41, 5.74) is 9.33. The number of fused-ring (bicyclic) bond motifs is 5. The standard InChI is InChI=1S/C40H26N2O2S/c43-45(44)36-20-8-7-18-34(36)41(30-15-5-2-6-16-30)40-37(45)26-25-33-32-17-9-13-29-14-10-19-35(38(29)32)42(39(33)40)31-23-21-28(22-24-31)27-11-3-1-4-12-27/h1-26H. The maximum Gasteiger partial charge on any atom is 0.210 e. The van der Waals surface area contributed by atoms with Gasteiger partial charge in [-0.2, -0.15) is 0 Å². The van der Waals surface area contributed by atoms with Crippen LogP contribution in [0.4, 0.5) is 34.1 Å². The molecular weight excluding hydrogens is 573 g/mol. The Morgan fingerprint density at radius 3 is 1.78 bits per heavy atom. The molecule has 5 heteroatoms. The molecule has 0 aliphatic carbocycles. The third kappa shape index (κ3) is 3.74. The third-order valence-electron chi connectivity index (χ3n) is 8.91. The van der Waals surface area contributed by atoms with Gasteiger partial charge in [-0.3, -0.25) is 0 Å². The molecule has 0 spiro atoms. The lowest BCUT2D eigenvalue weighted by atomic mass is 9.89. The molecule has 4 nitrogen and oxygen atoms in total. The van der Waals surface area contributed by atoms with Crippen LogP contribution in [0.1, 0.15) is 0 Å². The molecule has 0 radical (unpaired) electrons. The van der Waals surface area contributed by atoms with Gasteiger partial charge in [0.05, 0.1) is 32.5 Å². The van der Waals surface area contributed by atoms with Gasteiger partial charge in [0.15, 0.2) is 0 Å². The molecule has 9 rings (SSSR count). The highest BCUT2D eigenvalue weighted by Crippen LogP contribution is 2.60. The van der Waals surface area contributed by atoms with Gasteiger partial charge < -0.3 is 9.80 Å². The number of hydrogen-bond acceptors (Lipinski definition) is 4. The first-order chi connectivity index (χ1) is 22.1. The molecule has 0 amide bonds. The van der Waals surface area contributed by atoms with E-state index in [1.807, 2.05) is 66.7 Å². The zero-order valence-electron chi connectivity index (χ0n) is 24.1. The minimum absolute atomic E-state index is 0.293. The number of nitrogens with zero attached hydrogens (tertiary/aromatic N) is 2. The zero-order chi connectivity index (χ0) is 30.1. The fourth-order valence-corrected chi connectivity index (χ4v) is 8.56. The summed E-state index contributed by atoms with van der Waals surface area (Å²) < 4.78 is 28.8. The smallest absolute Gasteiger partial charge is 0.210 e. The summed E-state index contributed by atoms with van der Waals surface area (Å²) in [4.78, 5) is 4.96. The summed E-state index contributed by atoms with van der Waals surface area (Å²) in [5.74, 6) is 0. The number of sulfone groups is 1. The maximum atomic E-state index is 14.4.